The van der Waals surface area contributed by atoms with Crippen molar-refractivity contribution in [2.45, 2.75) is 31.9 Å². The van der Waals surface area contributed by atoms with Gasteiger partial charge < -0.3 is 10.1 Å². The highest BCUT2D eigenvalue weighted by molar-refractivity contribution is 5.99. The molecular weight excluding hydrogens is 354 g/mol. The Morgan fingerprint density at radius 3 is 2.71 bits per heavy atom. The zero-order valence-electron chi connectivity index (χ0n) is 15.2. The summed E-state index contributed by atoms with van der Waals surface area (Å²) >= 11 is 0. The van der Waals surface area contributed by atoms with Crippen molar-refractivity contribution in [3.8, 4) is 5.75 Å². The van der Waals surface area contributed by atoms with Gasteiger partial charge in [-0.25, -0.2) is 0 Å². The molecule has 28 heavy (non-hydrogen) atoms. The number of ether oxygens (including phenoxy) is 1. The Morgan fingerprint density at radius 1 is 1.07 bits per heavy atom. The molecule has 2 aromatic carbocycles. The Bertz CT molecular complexity index is 1040. The second kappa shape index (κ2) is 6.92. The Balaban J connectivity index is 1.43. The largest absolute Gasteiger partial charge is 0.489 e. The average molecular weight is 373 g/mol. The van der Waals surface area contributed by atoms with Gasteiger partial charge in [-0.3, -0.25) is 4.79 Å². The van der Waals surface area contributed by atoms with E-state index in [1.54, 1.807) is 4.68 Å². The number of rotatable bonds is 4. The molecule has 0 spiro atoms. The van der Waals surface area contributed by atoms with Crippen molar-refractivity contribution in [2.24, 2.45) is 0 Å². The summed E-state index contributed by atoms with van der Waals surface area (Å²) in [5, 5.41) is 15.2. The topological polar surface area (TPSA) is 81.9 Å². The minimum atomic E-state index is -0.308. The maximum Gasteiger partial charge on any atom is 0.248 e. The summed E-state index contributed by atoms with van der Waals surface area (Å²) in [6.45, 7) is 0.512. The van der Waals surface area contributed by atoms with E-state index in [2.05, 4.69) is 20.8 Å². The molecule has 1 N–H and O–H groups in total. The smallest absolute Gasteiger partial charge is 0.248 e. The number of carbonyl (C=O) groups excluding carboxylic acids is 1. The number of allylic oxidation sites excluding steroid dienone is 2. The molecule has 2 heterocycles. The van der Waals surface area contributed by atoms with Gasteiger partial charge in [0, 0.05) is 17.7 Å². The lowest BCUT2D eigenvalue weighted by Gasteiger charge is -2.31. The maximum absolute atomic E-state index is 12.7. The van der Waals surface area contributed by atoms with Crippen LogP contribution in [-0.2, 0) is 11.4 Å². The molecule has 5 rings (SSSR count). The first kappa shape index (κ1) is 16.7. The molecule has 1 atom stereocenters. The fourth-order valence-electron chi connectivity index (χ4n) is 3.81. The molecule has 1 aliphatic carbocycles. The predicted molar refractivity (Wildman–Crippen MR) is 103 cm³/mol. The van der Waals surface area contributed by atoms with Crippen LogP contribution in [0, 0.1) is 0 Å². The van der Waals surface area contributed by atoms with E-state index in [4.69, 9.17) is 4.74 Å². The fraction of sp³-hybridized carbons (Fsp3) is 0.238. The molecule has 1 aromatic heterocycles. The van der Waals surface area contributed by atoms with Crippen LogP contribution < -0.4 is 10.1 Å². The van der Waals surface area contributed by atoms with Crippen molar-refractivity contribution in [3.63, 3.8) is 0 Å². The number of anilines is 1. The molecule has 7 heteroatoms. The molecule has 2 aliphatic rings. The lowest BCUT2D eigenvalue weighted by molar-refractivity contribution is -0.116. The summed E-state index contributed by atoms with van der Waals surface area (Å²) < 4.78 is 7.56. The first-order chi connectivity index (χ1) is 13.8. The lowest BCUT2D eigenvalue weighted by atomic mass is 9.85. The average Bonchev–Trinajstić information content (AvgIpc) is 3.20. The second-order valence-electron chi connectivity index (χ2n) is 6.99. The second-order valence-corrected chi connectivity index (χ2v) is 6.99. The van der Waals surface area contributed by atoms with Crippen LogP contribution in [-0.4, -0.2) is 26.0 Å². The number of benzene rings is 2. The Morgan fingerprint density at radius 2 is 1.89 bits per heavy atom. The van der Waals surface area contributed by atoms with Gasteiger partial charge in [-0.15, -0.1) is 0 Å². The molecule has 3 aromatic rings. The van der Waals surface area contributed by atoms with Crippen molar-refractivity contribution >= 4 is 11.7 Å². The highest BCUT2D eigenvalue weighted by Crippen LogP contribution is 2.39. The standard InChI is InChI=1S/C21H19N5O2/c27-18-8-4-7-17-19(18)20(26-21(22-17)23-24-25-26)15-9-11-16(12-10-15)28-13-14-5-2-1-3-6-14/h1-3,5-6,9-12,20H,4,7-8,13H2,(H,22,23,25)/t20-/m0/s1. The van der Waals surface area contributed by atoms with E-state index >= 15 is 0 Å². The molecular formula is C21H19N5O2. The molecule has 0 bridgehead atoms. The monoisotopic (exact) mass is 373 g/mol. The number of tetrazole rings is 1. The maximum atomic E-state index is 12.7. The van der Waals surface area contributed by atoms with Gasteiger partial charge in [-0.1, -0.05) is 47.6 Å². The molecule has 140 valence electrons. The van der Waals surface area contributed by atoms with E-state index in [-0.39, 0.29) is 11.8 Å². The number of nitrogens with zero attached hydrogens (tertiary/aromatic N) is 4. The van der Waals surface area contributed by atoms with Crippen LogP contribution in [0.15, 0.2) is 65.9 Å². The molecule has 0 saturated heterocycles. The van der Waals surface area contributed by atoms with Gasteiger partial charge in [0.15, 0.2) is 5.78 Å². The highest BCUT2D eigenvalue weighted by atomic mass is 16.5. The van der Waals surface area contributed by atoms with Crippen molar-refractivity contribution in [2.75, 3.05) is 5.32 Å². The van der Waals surface area contributed by atoms with Gasteiger partial charge in [0.2, 0.25) is 5.95 Å². The number of nitrogens with one attached hydrogen (secondary N) is 1. The van der Waals surface area contributed by atoms with E-state index in [0.717, 1.165) is 41.0 Å². The number of aromatic nitrogens is 4. The molecule has 7 nitrogen and oxygen atoms in total. The first-order valence-corrected chi connectivity index (χ1v) is 9.37. The number of hydrogen-bond acceptors (Lipinski definition) is 6. The number of Topliss-reactive ketones (excluding diaryl/α,β-unsaturated/α-hetero) is 1. The fourth-order valence-corrected chi connectivity index (χ4v) is 3.81. The summed E-state index contributed by atoms with van der Waals surface area (Å²) in [5.41, 5.74) is 3.78. The summed E-state index contributed by atoms with van der Waals surface area (Å²) in [6, 6.07) is 17.6. The number of carbonyl (C=O) groups is 1. The SMILES string of the molecule is O=C1CCCC2=C1[C@H](c1ccc(OCc3ccccc3)cc1)n1nnnc1N2. The summed E-state index contributed by atoms with van der Waals surface area (Å²) in [5.74, 6) is 1.51. The normalized spacial score (nSPS) is 18.3. The van der Waals surface area contributed by atoms with Crippen molar-refractivity contribution in [1.29, 1.82) is 0 Å². The quantitative estimate of drug-likeness (QED) is 0.756. The third kappa shape index (κ3) is 2.94. The van der Waals surface area contributed by atoms with Crippen LogP contribution in [0.3, 0.4) is 0 Å². The molecule has 0 unspecified atom stereocenters. The van der Waals surface area contributed by atoms with E-state index in [1.165, 1.54) is 0 Å². The predicted octanol–water partition coefficient (Wildman–Crippen LogP) is 3.27. The van der Waals surface area contributed by atoms with Crippen LogP contribution in [0.5, 0.6) is 5.75 Å². The minimum absolute atomic E-state index is 0.157. The van der Waals surface area contributed by atoms with Crippen LogP contribution in [0.25, 0.3) is 0 Å². The third-order valence-electron chi connectivity index (χ3n) is 5.17. The van der Waals surface area contributed by atoms with Crippen molar-refractivity contribution in [3.05, 3.63) is 77.0 Å². The Labute approximate surface area is 162 Å². The van der Waals surface area contributed by atoms with Crippen LogP contribution >= 0.6 is 0 Å². The van der Waals surface area contributed by atoms with Gasteiger partial charge in [0.25, 0.3) is 0 Å². The van der Waals surface area contributed by atoms with Gasteiger partial charge in [-0.05, 0) is 46.5 Å². The zero-order valence-corrected chi connectivity index (χ0v) is 15.2. The number of fused-ring (bicyclic) bond motifs is 1. The summed E-state index contributed by atoms with van der Waals surface area (Å²) in [4.78, 5) is 12.7. The van der Waals surface area contributed by atoms with E-state index in [0.29, 0.717) is 19.0 Å². The zero-order chi connectivity index (χ0) is 18.9. The Hall–Kier alpha value is -3.48. The van der Waals surface area contributed by atoms with Gasteiger partial charge in [0.1, 0.15) is 18.4 Å². The van der Waals surface area contributed by atoms with Crippen LogP contribution in [0.1, 0.15) is 36.4 Å². The van der Waals surface area contributed by atoms with E-state index in [1.807, 2.05) is 54.6 Å². The third-order valence-corrected chi connectivity index (χ3v) is 5.17. The minimum Gasteiger partial charge on any atom is -0.489 e. The van der Waals surface area contributed by atoms with Crippen molar-refractivity contribution in [1.82, 2.24) is 20.2 Å². The first-order valence-electron chi connectivity index (χ1n) is 9.37. The van der Waals surface area contributed by atoms with E-state index in [9.17, 15) is 4.79 Å². The molecule has 0 amide bonds. The van der Waals surface area contributed by atoms with Crippen molar-refractivity contribution < 1.29 is 9.53 Å². The number of ketones is 1. The Kier molecular flexibility index (Phi) is 4.12. The van der Waals surface area contributed by atoms with Gasteiger partial charge >= 0.3 is 0 Å². The molecule has 0 radical (unpaired) electrons. The summed E-state index contributed by atoms with van der Waals surface area (Å²) in [6.07, 6.45) is 2.25. The molecule has 0 fully saturated rings. The molecule has 0 saturated carbocycles. The summed E-state index contributed by atoms with van der Waals surface area (Å²) in [7, 11) is 0. The number of hydrogen-bond donors (Lipinski definition) is 1. The lowest BCUT2D eigenvalue weighted by Crippen LogP contribution is -2.31. The van der Waals surface area contributed by atoms with Gasteiger partial charge in [0.05, 0.1) is 0 Å². The van der Waals surface area contributed by atoms with Crippen LogP contribution in [0.4, 0.5) is 5.95 Å². The van der Waals surface area contributed by atoms with Gasteiger partial charge in [-0.2, -0.15) is 4.68 Å². The van der Waals surface area contributed by atoms with E-state index < -0.39 is 0 Å². The molecule has 1 aliphatic heterocycles. The van der Waals surface area contributed by atoms with Crippen LogP contribution in [0.2, 0.25) is 0 Å². The highest BCUT2D eigenvalue weighted by Gasteiger charge is 2.36.